The van der Waals surface area contributed by atoms with Crippen LogP contribution in [0.25, 0.3) is 85.0 Å². The number of para-hydroxylation sites is 1. The van der Waals surface area contributed by atoms with Crippen molar-refractivity contribution < 1.29 is 0 Å². The van der Waals surface area contributed by atoms with Crippen molar-refractivity contribution in [3.63, 3.8) is 0 Å². The van der Waals surface area contributed by atoms with E-state index in [0.29, 0.717) is 0 Å². The maximum absolute atomic E-state index is 5.20. The van der Waals surface area contributed by atoms with E-state index in [1.807, 2.05) is 0 Å². The van der Waals surface area contributed by atoms with Gasteiger partial charge in [-0.25, -0.2) is 4.98 Å². The molecule has 0 bridgehead atoms. The van der Waals surface area contributed by atoms with Gasteiger partial charge in [0.1, 0.15) is 5.82 Å². The van der Waals surface area contributed by atoms with Gasteiger partial charge in [-0.15, -0.1) is 0 Å². The van der Waals surface area contributed by atoms with Crippen molar-refractivity contribution in [1.82, 2.24) is 9.55 Å². The van der Waals surface area contributed by atoms with Gasteiger partial charge in [0, 0.05) is 17.2 Å². The molecule has 0 aliphatic heterocycles. The van der Waals surface area contributed by atoms with Gasteiger partial charge in [-0.3, -0.25) is 4.57 Å². The van der Waals surface area contributed by atoms with Gasteiger partial charge in [0.15, 0.2) is 0 Å². The summed E-state index contributed by atoms with van der Waals surface area (Å²) in [4.78, 5) is 5.20. The van der Waals surface area contributed by atoms with Crippen LogP contribution in [0.5, 0.6) is 0 Å². The topological polar surface area (TPSA) is 17.8 Å². The van der Waals surface area contributed by atoms with E-state index in [1.54, 1.807) is 0 Å². The van der Waals surface area contributed by atoms with Gasteiger partial charge < -0.3 is 0 Å². The van der Waals surface area contributed by atoms with Crippen molar-refractivity contribution in [1.29, 1.82) is 0 Å². The first-order chi connectivity index (χ1) is 29.3. The van der Waals surface area contributed by atoms with E-state index in [1.165, 1.54) is 77.0 Å². The fourth-order valence-electron chi connectivity index (χ4n) is 9.77. The fourth-order valence-corrected chi connectivity index (χ4v) is 9.77. The van der Waals surface area contributed by atoms with Gasteiger partial charge in [-0.1, -0.05) is 176 Å². The summed E-state index contributed by atoms with van der Waals surface area (Å²) in [5, 5.41) is 5.31. The Balaban J connectivity index is 1.13. The third kappa shape index (κ3) is 6.24. The summed E-state index contributed by atoms with van der Waals surface area (Å²) in [6, 6.07) is 58.0. The van der Waals surface area contributed by atoms with Crippen LogP contribution < -0.4 is 10.4 Å². The second-order valence-corrected chi connectivity index (χ2v) is 15.9. The minimum atomic E-state index is 0.281. The summed E-state index contributed by atoms with van der Waals surface area (Å²) in [6.07, 6.45) is 21.5. The van der Waals surface area contributed by atoms with Crippen LogP contribution >= 0.6 is 0 Å². The minimum absolute atomic E-state index is 0.281. The van der Waals surface area contributed by atoms with Gasteiger partial charge in [-0.2, -0.15) is 0 Å². The molecule has 7 aromatic carbocycles. The first-order valence-corrected chi connectivity index (χ1v) is 21.1. The highest BCUT2D eigenvalue weighted by Gasteiger charge is 2.26. The molecule has 11 rings (SSSR count). The van der Waals surface area contributed by atoms with E-state index in [-0.39, 0.29) is 5.92 Å². The number of fused-ring (bicyclic) bond motifs is 3. The molecule has 0 fully saturated rings. The summed E-state index contributed by atoms with van der Waals surface area (Å²) >= 11 is 0. The molecule has 1 heterocycles. The smallest absolute Gasteiger partial charge is 0.145 e. The predicted octanol–water partition coefficient (Wildman–Crippen LogP) is 13.1. The van der Waals surface area contributed by atoms with Gasteiger partial charge in [0.25, 0.3) is 0 Å². The van der Waals surface area contributed by atoms with Crippen molar-refractivity contribution in [2.45, 2.75) is 38.0 Å². The third-order valence-electron chi connectivity index (χ3n) is 12.5. The zero-order valence-electron chi connectivity index (χ0n) is 33.1. The quantitative estimate of drug-likeness (QED) is 0.158. The number of hydrogen-bond donors (Lipinski definition) is 0. The average molecular weight is 757 g/mol. The van der Waals surface area contributed by atoms with E-state index < -0.39 is 0 Å². The Hall–Kier alpha value is -7.03. The van der Waals surface area contributed by atoms with Crippen LogP contribution in [0, 0.1) is 0 Å². The molecule has 282 valence electrons. The summed E-state index contributed by atoms with van der Waals surface area (Å²) in [5.41, 5.74) is 16.2. The van der Waals surface area contributed by atoms with Crippen LogP contribution in [-0.4, -0.2) is 9.55 Å². The lowest BCUT2D eigenvalue weighted by Crippen LogP contribution is -2.33. The highest BCUT2D eigenvalue weighted by atomic mass is 15.1. The van der Waals surface area contributed by atoms with Gasteiger partial charge >= 0.3 is 0 Å². The van der Waals surface area contributed by atoms with E-state index in [9.17, 15) is 0 Å². The molecule has 2 heteroatoms. The van der Waals surface area contributed by atoms with E-state index in [4.69, 9.17) is 4.98 Å². The van der Waals surface area contributed by atoms with E-state index >= 15 is 0 Å². The predicted molar refractivity (Wildman–Crippen MR) is 248 cm³/mol. The Morgan fingerprint density at radius 2 is 1.19 bits per heavy atom. The van der Waals surface area contributed by atoms with E-state index in [0.717, 1.165) is 54.9 Å². The normalized spacial score (nSPS) is 15.5. The number of rotatable bonds is 7. The molecular weight excluding hydrogens is 713 g/mol. The Kier molecular flexibility index (Phi) is 8.97. The number of benzene rings is 7. The Morgan fingerprint density at radius 1 is 0.525 bits per heavy atom. The van der Waals surface area contributed by atoms with Crippen LogP contribution in [0.1, 0.15) is 54.1 Å². The molecule has 8 aromatic rings. The SMILES string of the molecule is C1=CCC(c2ccccc2)C(c2c3c(c(-c4ccccc4-c4ccccc4)c4cc(-c5ccc(-c6nc7c(n6-c6ccccc6)CCC=C7)cc5)ccc24)=CCCC=3)=C1. The molecular formula is C57H44N2. The van der Waals surface area contributed by atoms with Crippen molar-refractivity contribution in [2.75, 3.05) is 0 Å². The maximum Gasteiger partial charge on any atom is 0.145 e. The molecule has 2 nitrogen and oxygen atoms in total. The van der Waals surface area contributed by atoms with Crippen LogP contribution in [0.3, 0.4) is 0 Å². The molecule has 0 radical (unpaired) electrons. The van der Waals surface area contributed by atoms with Crippen LogP contribution in [-0.2, 0) is 6.42 Å². The van der Waals surface area contributed by atoms with Crippen molar-refractivity contribution in [2.24, 2.45) is 0 Å². The second kappa shape index (κ2) is 15.0. The molecule has 0 saturated heterocycles. The first kappa shape index (κ1) is 35.2. The number of nitrogens with zero attached hydrogens (tertiary/aromatic N) is 2. The summed E-state index contributed by atoms with van der Waals surface area (Å²) in [6.45, 7) is 0. The summed E-state index contributed by atoms with van der Waals surface area (Å²) < 4.78 is 2.36. The van der Waals surface area contributed by atoms with Gasteiger partial charge in [-0.05, 0) is 128 Å². The molecule has 3 aliphatic carbocycles. The zero-order valence-corrected chi connectivity index (χ0v) is 33.1. The number of allylic oxidation sites excluding steroid dienone is 5. The molecule has 1 aromatic heterocycles. The lowest BCUT2D eigenvalue weighted by atomic mass is 9.77. The summed E-state index contributed by atoms with van der Waals surface area (Å²) in [7, 11) is 0. The highest BCUT2D eigenvalue weighted by molar-refractivity contribution is 6.08. The Morgan fingerprint density at radius 3 is 1.97 bits per heavy atom. The van der Waals surface area contributed by atoms with Crippen LogP contribution in [0.4, 0.5) is 0 Å². The van der Waals surface area contributed by atoms with Crippen molar-refractivity contribution in [3.8, 4) is 50.5 Å². The molecule has 3 aliphatic rings. The molecule has 0 saturated carbocycles. The fraction of sp³-hybridized carbons (Fsp3) is 0.105. The monoisotopic (exact) mass is 756 g/mol. The molecule has 0 amide bonds. The lowest BCUT2D eigenvalue weighted by Gasteiger charge is -2.27. The van der Waals surface area contributed by atoms with Crippen molar-refractivity contribution >= 4 is 34.6 Å². The average Bonchev–Trinajstić information content (AvgIpc) is 3.71. The van der Waals surface area contributed by atoms with Crippen LogP contribution in [0.15, 0.2) is 182 Å². The van der Waals surface area contributed by atoms with Gasteiger partial charge in [0.05, 0.1) is 11.4 Å². The zero-order chi connectivity index (χ0) is 39.1. The second-order valence-electron chi connectivity index (χ2n) is 15.9. The molecule has 59 heavy (non-hydrogen) atoms. The maximum atomic E-state index is 5.20. The number of aromatic nitrogens is 2. The van der Waals surface area contributed by atoms with Gasteiger partial charge in [0.2, 0.25) is 0 Å². The standard InChI is InChI=1S/C57H44N2/c1-4-18-40(19-5-1)45-24-10-12-26-47(45)55-49-28-14-15-29-50(49)56(48-27-13-11-25-46(48)41-20-6-2-7-21-41)52-38-43(36-37-51(52)55)39-32-34-42(35-33-39)57-58-53-30-16-17-31-54(53)59(57)44-22-8-3-9-23-44/h1-13,16,18-23,25-30,32-38,45H,14-15,17,24,31H2. The van der Waals surface area contributed by atoms with Crippen molar-refractivity contribution in [3.05, 3.63) is 215 Å². The lowest BCUT2D eigenvalue weighted by molar-refractivity contribution is 0.873. The number of imidazole rings is 1. The Labute approximate surface area is 346 Å². The molecule has 0 spiro atoms. The van der Waals surface area contributed by atoms with Crippen LogP contribution in [0.2, 0.25) is 0 Å². The highest BCUT2D eigenvalue weighted by Crippen LogP contribution is 2.43. The van der Waals surface area contributed by atoms with E-state index in [2.05, 4.69) is 205 Å². The first-order valence-electron chi connectivity index (χ1n) is 21.1. The Bertz CT molecular complexity index is 3090. The molecule has 1 atom stereocenters. The summed E-state index contributed by atoms with van der Waals surface area (Å²) in [5.74, 6) is 1.27. The minimum Gasteiger partial charge on any atom is -0.296 e. The molecule has 0 N–H and O–H groups in total. The third-order valence-corrected chi connectivity index (χ3v) is 12.5. The largest absolute Gasteiger partial charge is 0.296 e. The molecule has 1 unspecified atom stereocenters. The number of hydrogen-bond acceptors (Lipinski definition) is 1.